The van der Waals surface area contributed by atoms with Gasteiger partial charge in [0.05, 0.1) is 0 Å². The van der Waals surface area contributed by atoms with E-state index in [1.807, 2.05) is 6.07 Å². The summed E-state index contributed by atoms with van der Waals surface area (Å²) >= 11 is 0. The molecule has 1 aromatic carbocycles. The van der Waals surface area contributed by atoms with E-state index >= 15 is 0 Å². The van der Waals surface area contributed by atoms with Gasteiger partial charge in [0.25, 0.3) is 0 Å². The van der Waals surface area contributed by atoms with Crippen LogP contribution in [0.5, 0.6) is 0 Å². The van der Waals surface area contributed by atoms with Crippen molar-refractivity contribution in [3.05, 3.63) is 35.9 Å². The van der Waals surface area contributed by atoms with Crippen LogP contribution in [0.25, 0.3) is 0 Å². The van der Waals surface area contributed by atoms with E-state index in [1.54, 1.807) is 0 Å². The number of rotatable bonds is 9. The number of hydrogen-bond acceptors (Lipinski definition) is 3. The number of halogens is 2. The van der Waals surface area contributed by atoms with Crippen molar-refractivity contribution in [2.24, 2.45) is 11.8 Å². The van der Waals surface area contributed by atoms with Gasteiger partial charge < -0.3 is 15.5 Å². The summed E-state index contributed by atoms with van der Waals surface area (Å²) in [6.45, 7) is 7.16. The third kappa shape index (κ3) is 9.77. The number of amides is 1. The zero-order valence-electron chi connectivity index (χ0n) is 16.1. The van der Waals surface area contributed by atoms with Gasteiger partial charge in [0, 0.05) is 19.5 Å². The second kappa shape index (κ2) is 14.3. The van der Waals surface area contributed by atoms with Crippen LogP contribution in [0.15, 0.2) is 30.3 Å². The van der Waals surface area contributed by atoms with Gasteiger partial charge >= 0.3 is 0 Å². The van der Waals surface area contributed by atoms with Crippen molar-refractivity contribution in [1.29, 1.82) is 0 Å². The standard InChI is InChI=1S/C20H33N3O.2ClH/c1-17(19-9-12-21-13-10-19)15-20(24)22-11-6-14-23(2)16-18-7-4-3-5-8-18;;/h3-5,7-8,17,19,21H,6,9-16H2,1-2H3,(H,22,24);2*1H. The molecule has 0 aliphatic carbocycles. The topological polar surface area (TPSA) is 44.4 Å². The molecule has 2 N–H and O–H groups in total. The summed E-state index contributed by atoms with van der Waals surface area (Å²) in [5.74, 6) is 1.41. The molecule has 2 rings (SSSR count). The fraction of sp³-hybridized carbons (Fsp3) is 0.650. The third-order valence-electron chi connectivity index (χ3n) is 5.03. The van der Waals surface area contributed by atoms with Gasteiger partial charge in [-0.25, -0.2) is 0 Å². The van der Waals surface area contributed by atoms with E-state index in [4.69, 9.17) is 0 Å². The summed E-state index contributed by atoms with van der Waals surface area (Å²) in [5, 5.41) is 6.48. The Morgan fingerprint density at radius 2 is 1.88 bits per heavy atom. The van der Waals surface area contributed by atoms with Crippen LogP contribution in [0.2, 0.25) is 0 Å². The van der Waals surface area contributed by atoms with Crippen LogP contribution < -0.4 is 10.6 Å². The lowest BCUT2D eigenvalue weighted by Gasteiger charge is -2.27. The first-order chi connectivity index (χ1) is 11.6. The fourth-order valence-corrected chi connectivity index (χ4v) is 3.50. The molecule has 0 saturated carbocycles. The maximum absolute atomic E-state index is 12.1. The number of carbonyl (C=O) groups is 1. The Morgan fingerprint density at radius 1 is 1.23 bits per heavy atom. The maximum Gasteiger partial charge on any atom is 0.220 e. The minimum atomic E-state index is 0. The molecule has 150 valence electrons. The lowest BCUT2D eigenvalue weighted by atomic mass is 9.84. The van der Waals surface area contributed by atoms with Crippen molar-refractivity contribution in [1.82, 2.24) is 15.5 Å². The Morgan fingerprint density at radius 3 is 2.54 bits per heavy atom. The lowest BCUT2D eigenvalue weighted by Crippen LogP contribution is -2.34. The van der Waals surface area contributed by atoms with Gasteiger partial charge in [-0.15, -0.1) is 24.8 Å². The van der Waals surface area contributed by atoms with Crippen LogP contribution in [0.3, 0.4) is 0 Å². The Balaban J connectivity index is 0.00000312. The van der Waals surface area contributed by atoms with E-state index in [0.29, 0.717) is 18.3 Å². The van der Waals surface area contributed by atoms with Gasteiger partial charge in [-0.05, 0) is 63.3 Å². The molecule has 1 aliphatic rings. The monoisotopic (exact) mass is 403 g/mol. The van der Waals surface area contributed by atoms with E-state index in [0.717, 1.165) is 39.1 Å². The summed E-state index contributed by atoms with van der Waals surface area (Å²) < 4.78 is 0. The van der Waals surface area contributed by atoms with Crippen LogP contribution in [-0.4, -0.2) is 44.0 Å². The summed E-state index contributed by atoms with van der Waals surface area (Å²) in [5.41, 5.74) is 1.33. The highest BCUT2D eigenvalue weighted by Crippen LogP contribution is 2.24. The van der Waals surface area contributed by atoms with E-state index < -0.39 is 0 Å². The Labute approximate surface area is 171 Å². The average molecular weight is 404 g/mol. The van der Waals surface area contributed by atoms with Gasteiger partial charge in [0.2, 0.25) is 5.91 Å². The predicted molar refractivity (Wildman–Crippen MR) is 114 cm³/mol. The van der Waals surface area contributed by atoms with Crippen molar-refractivity contribution in [2.45, 2.75) is 39.2 Å². The highest BCUT2D eigenvalue weighted by Gasteiger charge is 2.21. The minimum Gasteiger partial charge on any atom is -0.356 e. The molecule has 1 aromatic rings. The molecule has 1 saturated heterocycles. The van der Waals surface area contributed by atoms with Crippen molar-refractivity contribution in [3.8, 4) is 0 Å². The molecule has 0 bridgehead atoms. The highest BCUT2D eigenvalue weighted by atomic mass is 35.5. The van der Waals surface area contributed by atoms with Crippen molar-refractivity contribution < 1.29 is 4.79 Å². The third-order valence-corrected chi connectivity index (χ3v) is 5.03. The molecule has 0 spiro atoms. The van der Waals surface area contributed by atoms with Gasteiger partial charge in [-0.3, -0.25) is 4.79 Å². The summed E-state index contributed by atoms with van der Waals surface area (Å²) in [4.78, 5) is 14.4. The normalized spacial score (nSPS) is 15.7. The number of nitrogens with zero attached hydrogens (tertiary/aromatic N) is 1. The number of benzene rings is 1. The quantitative estimate of drug-likeness (QED) is 0.620. The van der Waals surface area contributed by atoms with Gasteiger partial charge in [0.15, 0.2) is 0 Å². The van der Waals surface area contributed by atoms with Gasteiger partial charge in [-0.2, -0.15) is 0 Å². The molecule has 6 heteroatoms. The van der Waals surface area contributed by atoms with E-state index in [9.17, 15) is 4.79 Å². The van der Waals surface area contributed by atoms with E-state index in [-0.39, 0.29) is 30.7 Å². The second-order valence-electron chi connectivity index (χ2n) is 7.20. The lowest BCUT2D eigenvalue weighted by molar-refractivity contribution is -0.122. The van der Waals surface area contributed by atoms with Crippen LogP contribution in [-0.2, 0) is 11.3 Å². The largest absolute Gasteiger partial charge is 0.356 e. The van der Waals surface area contributed by atoms with Crippen molar-refractivity contribution in [2.75, 3.05) is 33.2 Å². The fourth-order valence-electron chi connectivity index (χ4n) is 3.50. The van der Waals surface area contributed by atoms with E-state index in [2.05, 4.69) is 53.8 Å². The zero-order valence-corrected chi connectivity index (χ0v) is 17.7. The van der Waals surface area contributed by atoms with Crippen LogP contribution in [0.1, 0.15) is 38.2 Å². The number of piperidine rings is 1. The highest BCUT2D eigenvalue weighted by molar-refractivity contribution is 5.85. The van der Waals surface area contributed by atoms with Crippen molar-refractivity contribution >= 4 is 30.7 Å². The molecule has 0 aromatic heterocycles. The molecule has 1 aliphatic heterocycles. The molecular weight excluding hydrogens is 369 g/mol. The van der Waals surface area contributed by atoms with Crippen LogP contribution >= 0.6 is 24.8 Å². The predicted octanol–water partition coefficient (Wildman–Crippen LogP) is 3.49. The zero-order chi connectivity index (χ0) is 17.2. The SMILES string of the molecule is CC(CC(=O)NCCCN(C)Cc1ccccc1)C1CCNCC1.Cl.Cl. The Hall–Kier alpha value is -0.810. The minimum absolute atomic E-state index is 0. The first-order valence-corrected chi connectivity index (χ1v) is 9.35. The maximum atomic E-state index is 12.1. The Kier molecular flexibility index (Phi) is 13.8. The van der Waals surface area contributed by atoms with Crippen LogP contribution in [0, 0.1) is 11.8 Å². The number of hydrogen-bond donors (Lipinski definition) is 2. The first-order valence-electron chi connectivity index (χ1n) is 9.35. The molecule has 4 nitrogen and oxygen atoms in total. The average Bonchev–Trinajstić information content (AvgIpc) is 2.60. The molecule has 1 amide bonds. The molecule has 1 atom stereocenters. The molecule has 1 unspecified atom stereocenters. The molecule has 0 radical (unpaired) electrons. The molecule has 26 heavy (non-hydrogen) atoms. The number of nitrogens with one attached hydrogen (secondary N) is 2. The molecule has 1 fully saturated rings. The molecule has 1 heterocycles. The second-order valence-corrected chi connectivity index (χ2v) is 7.20. The Bertz CT molecular complexity index is 481. The van der Waals surface area contributed by atoms with Crippen LogP contribution in [0.4, 0.5) is 0 Å². The van der Waals surface area contributed by atoms with Gasteiger partial charge in [0.1, 0.15) is 0 Å². The van der Waals surface area contributed by atoms with Gasteiger partial charge in [-0.1, -0.05) is 37.3 Å². The summed E-state index contributed by atoms with van der Waals surface area (Å²) in [7, 11) is 2.13. The smallest absolute Gasteiger partial charge is 0.220 e. The first kappa shape index (κ1) is 25.2. The summed E-state index contributed by atoms with van der Waals surface area (Å²) in [6, 6.07) is 10.5. The number of carbonyl (C=O) groups excluding carboxylic acids is 1. The van der Waals surface area contributed by atoms with E-state index in [1.165, 1.54) is 18.4 Å². The molecular formula is C20H35Cl2N3O. The summed E-state index contributed by atoms with van der Waals surface area (Å²) in [6.07, 6.45) is 4.08. The van der Waals surface area contributed by atoms with Crippen molar-refractivity contribution in [3.63, 3.8) is 0 Å².